The van der Waals surface area contributed by atoms with Gasteiger partial charge in [-0.3, -0.25) is 4.79 Å². The molecule has 1 heterocycles. The molecule has 1 N–H and O–H groups in total. The van der Waals surface area contributed by atoms with Gasteiger partial charge in [-0.05, 0) is 50.4 Å². The van der Waals surface area contributed by atoms with Gasteiger partial charge in [-0.15, -0.1) is 0 Å². The van der Waals surface area contributed by atoms with E-state index >= 15 is 0 Å². The van der Waals surface area contributed by atoms with Crippen molar-refractivity contribution in [2.45, 2.75) is 32.6 Å². The third kappa shape index (κ3) is 6.18. The maximum Gasteiger partial charge on any atom is 0.222 e. The van der Waals surface area contributed by atoms with E-state index in [1.165, 1.54) is 12.1 Å². The Hall–Kier alpha value is -1.62. The average Bonchev–Trinajstić information content (AvgIpc) is 2.57. The SMILES string of the molecule is CCNCC1CCN(C(=O)CCCOc2cccc(F)c2)CC1. The van der Waals surface area contributed by atoms with Gasteiger partial charge in [0.05, 0.1) is 6.61 Å². The second-order valence-electron chi connectivity index (χ2n) is 6.04. The van der Waals surface area contributed by atoms with Crippen molar-refractivity contribution < 1.29 is 13.9 Å². The molecule has 1 saturated heterocycles. The molecule has 0 unspecified atom stereocenters. The monoisotopic (exact) mass is 322 g/mol. The Morgan fingerprint density at radius 3 is 2.87 bits per heavy atom. The van der Waals surface area contributed by atoms with Crippen molar-refractivity contribution in [3.05, 3.63) is 30.1 Å². The summed E-state index contributed by atoms with van der Waals surface area (Å²) >= 11 is 0. The number of ether oxygens (including phenoxy) is 1. The van der Waals surface area contributed by atoms with E-state index in [9.17, 15) is 9.18 Å². The first-order valence-electron chi connectivity index (χ1n) is 8.56. The van der Waals surface area contributed by atoms with Crippen LogP contribution in [0.4, 0.5) is 4.39 Å². The highest BCUT2D eigenvalue weighted by atomic mass is 19.1. The van der Waals surface area contributed by atoms with Gasteiger partial charge in [-0.2, -0.15) is 0 Å². The van der Waals surface area contributed by atoms with Gasteiger partial charge in [0.1, 0.15) is 11.6 Å². The zero-order chi connectivity index (χ0) is 16.5. The van der Waals surface area contributed by atoms with Crippen LogP contribution in [0.3, 0.4) is 0 Å². The molecular formula is C18H27FN2O2. The zero-order valence-corrected chi connectivity index (χ0v) is 13.9. The van der Waals surface area contributed by atoms with Crippen molar-refractivity contribution >= 4 is 5.91 Å². The topological polar surface area (TPSA) is 41.6 Å². The van der Waals surface area contributed by atoms with Crippen LogP contribution in [0.5, 0.6) is 5.75 Å². The summed E-state index contributed by atoms with van der Waals surface area (Å²) < 4.78 is 18.5. The number of carbonyl (C=O) groups excluding carboxylic acids is 1. The van der Waals surface area contributed by atoms with E-state index in [-0.39, 0.29) is 11.7 Å². The van der Waals surface area contributed by atoms with E-state index in [1.54, 1.807) is 12.1 Å². The van der Waals surface area contributed by atoms with Crippen molar-refractivity contribution in [2.24, 2.45) is 5.92 Å². The number of hydrogen-bond acceptors (Lipinski definition) is 3. The number of piperidine rings is 1. The van der Waals surface area contributed by atoms with Crippen LogP contribution in [0.15, 0.2) is 24.3 Å². The Labute approximate surface area is 138 Å². The van der Waals surface area contributed by atoms with Crippen LogP contribution in [-0.4, -0.2) is 43.6 Å². The van der Waals surface area contributed by atoms with E-state index in [0.29, 0.717) is 31.1 Å². The molecule has 1 aromatic rings. The van der Waals surface area contributed by atoms with E-state index < -0.39 is 0 Å². The van der Waals surface area contributed by atoms with Gasteiger partial charge in [0.2, 0.25) is 5.91 Å². The van der Waals surface area contributed by atoms with Crippen molar-refractivity contribution in [1.29, 1.82) is 0 Å². The molecular weight excluding hydrogens is 295 g/mol. The molecule has 0 saturated carbocycles. The Morgan fingerprint density at radius 2 is 2.17 bits per heavy atom. The summed E-state index contributed by atoms with van der Waals surface area (Å²) in [5.74, 6) is 1.10. The largest absolute Gasteiger partial charge is 0.493 e. The molecule has 2 rings (SSSR count). The minimum Gasteiger partial charge on any atom is -0.493 e. The number of halogens is 1. The number of rotatable bonds is 8. The van der Waals surface area contributed by atoms with Gasteiger partial charge in [0.15, 0.2) is 0 Å². The Kier molecular flexibility index (Phi) is 7.33. The summed E-state index contributed by atoms with van der Waals surface area (Å²) in [6, 6.07) is 6.08. The molecule has 1 aliphatic rings. The number of carbonyl (C=O) groups is 1. The predicted molar refractivity (Wildman–Crippen MR) is 89.0 cm³/mol. The van der Waals surface area contributed by atoms with Crippen molar-refractivity contribution in [3.63, 3.8) is 0 Å². The molecule has 1 amide bonds. The first kappa shape index (κ1) is 17.7. The van der Waals surface area contributed by atoms with Crippen LogP contribution in [0.1, 0.15) is 32.6 Å². The van der Waals surface area contributed by atoms with E-state index in [4.69, 9.17) is 4.74 Å². The molecule has 128 valence electrons. The predicted octanol–water partition coefficient (Wildman–Crippen LogP) is 2.83. The van der Waals surface area contributed by atoms with E-state index in [0.717, 1.165) is 39.0 Å². The lowest BCUT2D eigenvalue weighted by molar-refractivity contribution is -0.132. The van der Waals surface area contributed by atoms with Gasteiger partial charge in [0, 0.05) is 25.6 Å². The Balaban J connectivity index is 1.60. The second kappa shape index (κ2) is 9.50. The molecule has 0 aliphatic carbocycles. The summed E-state index contributed by atoms with van der Waals surface area (Å²) in [4.78, 5) is 14.1. The lowest BCUT2D eigenvalue weighted by Crippen LogP contribution is -2.40. The Bertz CT molecular complexity index is 488. The molecule has 23 heavy (non-hydrogen) atoms. The highest BCUT2D eigenvalue weighted by molar-refractivity contribution is 5.76. The second-order valence-corrected chi connectivity index (χ2v) is 6.04. The molecule has 4 nitrogen and oxygen atoms in total. The van der Waals surface area contributed by atoms with E-state index in [1.807, 2.05) is 4.90 Å². The fraction of sp³-hybridized carbons (Fsp3) is 0.611. The first-order chi connectivity index (χ1) is 11.2. The molecule has 1 fully saturated rings. The number of benzene rings is 1. The molecule has 0 bridgehead atoms. The van der Waals surface area contributed by atoms with Crippen molar-refractivity contribution in [3.8, 4) is 5.75 Å². The number of hydrogen-bond donors (Lipinski definition) is 1. The molecule has 5 heteroatoms. The lowest BCUT2D eigenvalue weighted by atomic mass is 9.96. The van der Waals surface area contributed by atoms with Crippen LogP contribution >= 0.6 is 0 Å². The van der Waals surface area contributed by atoms with Crippen LogP contribution < -0.4 is 10.1 Å². The highest BCUT2D eigenvalue weighted by Gasteiger charge is 2.21. The van der Waals surface area contributed by atoms with E-state index in [2.05, 4.69) is 12.2 Å². The smallest absolute Gasteiger partial charge is 0.222 e. The van der Waals surface area contributed by atoms with Crippen LogP contribution in [0.2, 0.25) is 0 Å². The lowest BCUT2D eigenvalue weighted by Gasteiger charge is -2.32. The third-order valence-corrected chi connectivity index (χ3v) is 4.25. The number of nitrogens with zero attached hydrogens (tertiary/aromatic N) is 1. The summed E-state index contributed by atoms with van der Waals surface area (Å²) in [6.07, 6.45) is 3.32. The summed E-state index contributed by atoms with van der Waals surface area (Å²) in [5.41, 5.74) is 0. The summed E-state index contributed by atoms with van der Waals surface area (Å²) in [7, 11) is 0. The van der Waals surface area contributed by atoms with Gasteiger partial charge >= 0.3 is 0 Å². The number of nitrogens with one attached hydrogen (secondary N) is 1. The molecule has 1 aromatic carbocycles. The standard InChI is InChI=1S/C18H27FN2O2/c1-2-20-14-15-8-10-21(11-9-15)18(22)7-4-12-23-17-6-3-5-16(19)13-17/h3,5-6,13,15,20H,2,4,7-12,14H2,1H3. The quantitative estimate of drug-likeness (QED) is 0.748. The minimum absolute atomic E-state index is 0.203. The molecule has 0 aromatic heterocycles. The molecule has 0 atom stereocenters. The fourth-order valence-electron chi connectivity index (χ4n) is 2.86. The molecule has 1 aliphatic heterocycles. The summed E-state index contributed by atoms with van der Waals surface area (Å²) in [5, 5.41) is 3.38. The summed E-state index contributed by atoms with van der Waals surface area (Å²) in [6.45, 7) is 6.33. The maximum atomic E-state index is 13.0. The van der Waals surface area contributed by atoms with Crippen LogP contribution in [-0.2, 0) is 4.79 Å². The third-order valence-electron chi connectivity index (χ3n) is 4.25. The van der Waals surface area contributed by atoms with Crippen molar-refractivity contribution in [2.75, 3.05) is 32.8 Å². The minimum atomic E-state index is -0.306. The fourth-order valence-corrected chi connectivity index (χ4v) is 2.86. The highest BCUT2D eigenvalue weighted by Crippen LogP contribution is 2.17. The van der Waals surface area contributed by atoms with Crippen molar-refractivity contribution in [1.82, 2.24) is 10.2 Å². The van der Waals surface area contributed by atoms with Crippen LogP contribution in [0, 0.1) is 11.7 Å². The normalized spacial score (nSPS) is 15.7. The maximum absolute atomic E-state index is 13.0. The molecule has 0 spiro atoms. The van der Waals surface area contributed by atoms with Gasteiger partial charge in [-0.1, -0.05) is 13.0 Å². The zero-order valence-electron chi connectivity index (χ0n) is 13.9. The Morgan fingerprint density at radius 1 is 1.39 bits per heavy atom. The number of likely N-dealkylation sites (tertiary alicyclic amines) is 1. The molecule has 0 radical (unpaired) electrons. The van der Waals surface area contributed by atoms with Gasteiger partial charge in [0.25, 0.3) is 0 Å². The van der Waals surface area contributed by atoms with Gasteiger partial charge < -0.3 is 15.0 Å². The average molecular weight is 322 g/mol. The first-order valence-corrected chi connectivity index (χ1v) is 8.56. The van der Waals surface area contributed by atoms with Gasteiger partial charge in [-0.25, -0.2) is 4.39 Å². The number of amides is 1. The van der Waals surface area contributed by atoms with Crippen LogP contribution in [0.25, 0.3) is 0 Å².